The molecule has 0 N–H and O–H groups in total. The summed E-state index contributed by atoms with van der Waals surface area (Å²) in [6, 6.07) is 15.7. The van der Waals surface area contributed by atoms with Gasteiger partial charge >= 0.3 is 0 Å². The van der Waals surface area contributed by atoms with Gasteiger partial charge in [0.1, 0.15) is 18.2 Å². The molecule has 7 heteroatoms. The number of nitrogens with zero attached hydrogens (tertiary/aromatic N) is 3. The molecule has 31 heavy (non-hydrogen) atoms. The second-order valence-electron chi connectivity index (χ2n) is 8.29. The molecule has 0 amide bonds. The Labute approximate surface area is 194 Å². The van der Waals surface area contributed by atoms with E-state index in [1.54, 1.807) is 16.2 Å². The van der Waals surface area contributed by atoms with E-state index in [-0.39, 0.29) is 5.41 Å². The van der Waals surface area contributed by atoms with Crippen molar-refractivity contribution < 1.29 is 9.47 Å². The summed E-state index contributed by atoms with van der Waals surface area (Å²) in [4.78, 5) is 8.45. The number of anilines is 2. The van der Waals surface area contributed by atoms with Gasteiger partial charge in [0.15, 0.2) is 0 Å². The average molecular weight is 456 g/mol. The SMILES string of the molecule is CN(CCOc1cccc(N(C)C(=S)Oc2ccc(C(C)(C)C)cc2)n1)c1ccsc1. The van der Waals surface area contributed by atoms with Gasteiger partial charge in [0.2, 0.25) is 5.88 Å². The molecular weight excluding hydrogens is 426 g/mol. The summed E-state index contributed by atoms with van der Waals surface area (Å²) in [5, 5.41) is 4.51. The Kier molecular flexibility index (Phi) is 7.51. The van der Waals surface area contributed by atoms with E-state index in [1.165, 1.54) is 11.3 Å². The Morgan fingerprint density at radius 1 is 1.06 bits per heavy atom. The van der Waals surface area contributed by atoms with Crippen LogP contribution in [0.15, 0.2) is 59.3 Å². The Morgan fingerprint density at radius 2 is 1.81 bits per heavy atom. The van der Waals surface area contributed by atoms with Crippen LogP contribution < -0.4 is 19.3 Å². The molecule has 2 aromatic heterocycles. The third kappa shape index (κ3) is 6.42. The summed E-state index contributed by atoms with van der Waals surface area (Å²) < 4.78 is 11.7. The van der Waals surface area contributed by atoms with Gasteiger partial charge in [0.25, 0.3) is 5.17 Å². The van der Waals surface area contributed by atoms with Gasteiger partial charge in [-0.25, -0.2) is 0 Å². The normalized spacial score (nSPS) is 11.1. The molecule has 2 heterocycles. The minimum atomic E-state index is 0.0959. The monoisotopic (exact) mass is 455 g/mol. The maximum absolute atomic E-state index is 5.86. The van der Waals surface area contributed by atoms with Crippen molar-refractivity contribution in [3.8, 4) is 11.6 Å². The van der Waals surface area contributed by atoms with Gasteiger partial charge in [-0.2, -0.15) is 16.3 Å². The standard InChI is InChI=1S/C24H29N3O2S2/c1-24(2,3)18-9-11-20(12-10-18)29-23(30)27(5)21-7-6-8-22(25-21)28-15-14-26(4)19-13-16-31-17-19/h6-13,16-17H,14-15H2,1-5H3. The Balaban J connectivity index is 1.56. The van der Waals surface area contributed by atoms with Crippen molar-refractivity contribution in [1.82, 2.24) is 4.98 Å². The van der Waals surface area contributed by atoms with Gasteiger partial charge in [-0.3, -0.25) is 4.90 Å². The second kappa shape index (κ2) is 10.1. The van der Waals surface area contributed by atoms with Crippen LogP contribution in [0.3, 0.4) is 0 Å². The quantitative estimate of drug-likeness (QED) is 0.422. The molecule has 0 fully saturated rings. The molecule has 1 aromatic carbocycles. The molecule has 0 saturated carbocycles. The van der Waals surface area contributed by atoms with Crippen LogP contribution in [0.5, 0.6) is 11.6 Å². The summed E-state index contributed by atoms with van der Waals surface area (Å²) in [7, 11) is 3.88. The van der Waals surface area contributed by atoms with E-state index in [0.717, 1.165) is 6.54 Å². The van der Waals surface area contributed by atoms with Gasteiger partial charge < -0.3 is 14.4 Å². The van der Waals surface area contributed by atoms with Gasteiger partial charge in [-0.15, -0.1) is 0 Å². The van der Waals surface area contributed by atoms with Crippen LogP contribution in [0.1, 0.15) is 26.3 Å². The highest BCUT2D eigenvalue weighted by atomic mass is 32.1. The zero-order valence-corrected chi connectivity index (χ0v) is 20.3. The van der Waals surface area contributed by atoms with E-state index in [9.17, 15) is 0 Å². The third-order valence-electron chi connectivity index (χ3n) is 4.88. The lowest BCUT2D eigenvalue weighted by Crippen LogP contribution is -2.30. The van der Waals surface area contributed by atoms with Crippen molar-refractivity contribution in [1.29, 1.82) is 0 Å². The lowest BCUT2D eigenvalue weighted by molar-refractivity contribution is 0.314. The number of aromatic nitrogens is 1. The molecule has 5 nitrogen and oxygen atoms in total. The zero-order chi connectivity index (χ0) is 22.4. The molecule has 0 aliphatic carbocycles. The predicted octanol–water partition coefficient (Wildman–Crippen LogP) is 5.76. The van der Waals surface area contributed by atoms with E-state index in [1.807, 2.05) is 44.4 Å². The fourth-order valence-corrected chi connectivity index (χ4v) is 3.73. The van der Waals surface area contributed by atoms with Crippen molar-refractivity contribution >= 4 is 40.2 Å². The minimum absolute atomic E-state index is 0.0959. The summed E-state index contributed by atoms with van der Waals surface area (Å²) in [5.74, 6) is 1.93. The Hall–Kier alpha value is -2.64. The predicted molar refractivity (Wildman–Crippen MR) is 134 cm³/mol. The first-order valence-electron chi connectivity index (χ1n) is 10.1. The first-order valence-corrected chi connectivity index (χ1v) is 11.5. The van der Waals surface area contributed by atoms with Gasteiger partial charge in [0.05, 0.1) is 6.54 Å². The molecule has 3 aromatic rings. The van der Waals surface area contributed by atoms with Gasteiger partial charge in [-0.05, 0) is 52.8 Å². The molecule has 0 saturated heterocycles. The number of thiocarbonyl (C=S) groups is 1. The molecule has 3 rings (SSSR count). The highest BCUT2D eigenvalue weighted by Gasteiger charge is 2.15. The highest BCUT2D eigenvalue weighted by Crippen LogP contribution is 2.25. The van der Waals surface area contributed by atoms with Crippen molar-refractivity contribution in [2.45, 2.75) is 26.2 Å². The minimum Gasteiger partial charge on any atom is -0.476 e. The second-order valence-corrected chi connectivity index (χ2v) is 9.42. The lowest BCUT2D eigenvalue weighted by atomic mass is 9.87. The van der Waals surface area contributed by atoms with Crippen LogP contribution in [0.2, 0.25) is 0 Å². The fraction of sp³-hybridized carbons (Fsp3) is 0.333. The Morgan fingerprint density at radius 3 is 2.45 bits per heavy atom. The summed E-state index contributed by atoms with van der Waals surface area (Å²) in [5.41, 5.74) is 2.53. The van der Waals surface area contributed by atoms with E-state index < -0.39 is 0 Å². The molecule has 0 atom stereocenters. The molecule has 0 radical (unpaired) electrons. The van der Waals surface area contributed by atoms with Crippen LogP contribution in [0.4, 0.5) is 11.5 Å². The van der Waals surface area contributed by atoms with Crippen LogP contribution in [0.25, 0.3) is 0 Å². The van der Waals surface area contributed by atoms with E-state index in [2.05, 4.69) is 59.6 Å². The van der Waals surface area contributed by atoms with Crippen LogP contribution >= 0.6 is 23.6 Å². The Bertz CT molecular complexity index is 983. The summed E-state index contributed by atoms with van der Waals surface area (Å²) >= 11 is 7.16. The highest BCUT2D eigenvalue weighted by molar-refractivity contribution is 7.80. The average Bonchev–Trinajstić information content (AvgIpc) is 3.28. The topological polar surface area (TPSA) is 37.8 Å². The van der Waals surface area contributed by atoms with Crippen molar-refractivity contribution in [2.24, 2.45) is 0 Å². The van der Waals surface area contributed by atoms with E-state index in [4.69, 9.17) is 21.7 Å². The van der Waals surface area contributed by atoms with Crippen LogP contribution in [0, 0.1) is 0 Å². The smallest absolute Gasteiger partial charge is 0.270 e. The maximum Gasteiger partial charge on any atom is 0.270 e. The van der Waals surface area contributed by atoms with Crippen LogP contribution in [-0.2, 0) is 5.41 Å². The number of thiophene rings is 1. The molecule has 164 valence electrons. The van der Waals surface area contributed by atoms with Crippen LogP contribution in [-0.4, -0.2) is 37.4 Å². The number of hydrogen-bond acceptors (Lipinski definition) is 6. The van der Waals surface area contributed by atoms with E-state index in [0.29, 0.717) is 29.2 Å². The molecule has 0 bridgehead atoms. The number of hydrogen-bond donors (Lipinski definition) is 0. The number of rotatable bonds is 7. The largest absolute Gasteiger partial charge is 0.476 e. The third-order valence-corrected chi connectivity index (χ3v) is 5.90. The molecule has 0 unspecified atom stereocenters. The van der Waals surface area contributed by atoms with E-state index >= 15 is 0 Å². The van der Waals surface area contributed by atoms with Gasteiger partial charge in [-0.1, -0.05) is 39.0 Å². The first kappa shape index (κ1) is 23.0. The number of likely N-dealkylation sites (N-methyl/N-ethyl adjacent to an activating group) is 1. The molecular formula is C24H29N3O2S2. The number of pyridine rings is 1. The zero-order valence-electron chi connectivity index (χ0n) is 18.7. The molecule has 0 aliphatic rings. The van der Waals surface area contributed by atoms with Crippen molar-refractivity contribution in [2.75, 3.05) is 37.0 Å². The number of benzene rings is 1. The van der Waals surface area contributed by atoms with Gasteiger partial charge in [0, 0.05) is 31.2 Å². The number of ether oxygens (including phenoxy) is 2. The summed E-state index contributed by atoms with van der Waals surface area (Å²) in [6.07, 6.45) is 0. The summed E-state index contributed by atoms with van der Waals surface area (Å²) in [6.45, 7) is 7.85. The van der Waals surface area contributed by atoms with Crippen molar-refractivity contribution in [3.63, 3.8) is 0 Å². The first-order chi connectivity index (χ1) is 14.7. The van der Waals surface area contributed by atoms with Crippen molar-refractivity contribution in [3.05, 3.63) is 64.9 Å². The molecule has 0 aliphatic heterocycles. The fourth-order valence-electron chi connectivity index (χ4n) is 2.85. The lowest BCUT2D eigenvalue weighted by Gasteiger charge is -2.21. The maximum atomic E-state index is 5.86. The molecule has 0 spiro atoms.